The fourth-order valence-corrected chi connectivity index (χ4v) is 9.30. The summed E-state index contributed by atoms with van der Waals surface area (Å²) in [6.07, 6.45) is 29.4. The van der Waals surface area contributed by atoms with E-state index in [2.05, 4.69) is 177 Å². The number of allylic oxidation sites excluding steroid dienone is 9. The number of fused-ring (bicyclic) bond motifs is 2. The second kappa shape index (κ2) is 12.7. The van der Waals surface area contributed by atoms with Crippen LogP contribution in [0, 0.1) is 17.3 Å². The van der Waals surface area contributed by atoms with Crippen molar-refractivity contribution in [3.05, 3.63) is 174 Å². The van der Waals surface area contributed by atoms with Crippen LogP contribution in [-0.4, -0.2) is 10.4 Å². The van der Waals surface area contributed by atoms with Crippen molar-refractivity contribution in [3.63, 3.8) is 0 Å². The third-order valence-corrected chi connectivity index (χ3v) is 11.8. The van der Waals surface area contributed by atoms with Crippen LogP contribution >= 0.6 is 0 Å². The molecule has 8 rings (SSSR count). The Balaban J connectivity index is 1.22. The highest BCUT2D eigenvalue weighted by molar-refractivity contribution is 5.71. The summed E-state index contributed by atoms with van der Waals surface area (Å²) in [4.78, 5) is 5.27. The van der Waals surface area contributed by atoms with Crippen LogP contribution in [0.5, 0.6) is 0 Å². The molecule has 49 heavy (non-hydrogen) atoms. The third-order valence-electron chi connectivity index (χ3n) is 11.8. The summed E-state index contributed by atoms with van der Waals surface area (Å²) in [7, 11) is 0. The van der Waals surface area contributed by atoms with Crippen molar-refractivity contribution >= 4 is 5.69 Å². The number of rotatable bonds is 6. The van der Waals surface area contributed by atoms with Crippen molar-refractivity contribution in [3.8, 4) is 11.1 Å². The van der Waals surface area contributed by atoms with Crippen molar-refractivity contribution in [2.75, 3.05) is 4.90 Å². The van der Waals surface area contributed by atoms with Gasteiger partial charge >= 0.3 is 0 Å². The molecule has 3 aromatic rings. The highest BCUT2D eigenvalue weighted by atomic mass is 15.2. The van der Waals surface area contributed by atoms with Crippen molar-refractivity contribution in [1.82, 2.24) is 4.90 Å². The van der Waals surface area contributed by atoms with Gasteiger partial charge in [-0.3, -0.25) is 0 Å². The Kier molecular flexibility index (Phi) is 8.22. The van der Waals surface area contributed by atoms with Gasteiger partial charge < -0.3 is 9.80 Å². The molecular formula is C47H50N2. The molecule has 1 fully saturated rings. The molecule has 0 bridgehead atoms. The summed E-state index contributed by atoms with van der Waals surface area (Å²) in [6.45, 7) is 9.88. The zero-order valence-electron chi connectivity index (χ0n) is 29.6. The van der Waals surface area contributed by atoms with E-state index >= 15 is 0 Å². The second-order valence-electron chi connectivity index (χ2n) is 15.5. The van der Waals surface area contributed by atoms with E-state index in [-0.39, 0.29) is 16.9 Å². The number of anilines is 1. The average molecular weight is 643 g/mol. The Labute approximate surface area is 294 Å². The van der Waals surface area contributed by atoms with E-state index in [4.69, 9.17) is 0 Å². The van der Waals surface area contributed by atoms with Crippen LogP contribution < -0.4 is 4.90 Å². The maximum absolute atomic E-state index is 2.76. The Morgan fingerprint density at radius 1 is 0.735 bits per heavy atom. The van der Waals surface area contributed by atoms with Gasteiger partial charge in [-0.05, 0) is 97.9 Å². The molecule has 4 atom stereocenters. The van der Waals surface area contributed by atoms with Crippen LogP contribution in [0.15, 0.2) is 168 Å². The Morgan fingerprint density at radius 2 is 1.45 bits per heavy atom. The molecule has 0 saturated carbocycles. The fourth-order valence-electron chi connectivity index (χ4n) is 9.30. The lowest BCUT2D eigenvalue weighted by molar-refractivity contribution is 0.0764. The lowest BCUT2D eigenvalue weighted by Gasteiger charge is -2.60. The maximum atomic E-state index is 2.76. The Bertz CT molecular complexity index is 1910. The molecule has 2 nitrogen and oxygen atoms in total. The molecule has 1 aliphatic heterocycles. The molecule has 5 aliphatic rings. The first kappa shape index (κ1) is 31.7. The van der Waals surface area contributed by atoms with Crippen LogP contribution in [0.25, 0.3) is 11.1 Å². The van der Waals surface area contributed by atoms with E-state index in [0.717, 1.165) is 25.7 Å². The molecule has 4 aliphatic carbocycles. The smallest absolute Gasteiger partial charge is 0.0677 e. The zero-order chi connectivity index (χ0) is 33.6. The van der Waals surface area contributed by atoms with Gasteiger partial charge in [0.15, 0.2) is 0 Å². The molecule has 248 valence electrons. The highest BCUT2D eigenvalue weighted by Gasteiger charge is 2.55. The molecule has 1 heterocycles. The predicted octanol–water partition coefficient (Wildman–Crippen LogP) is 12.3. The summed E-state index contributed by atoms with van der Waals surface area (Å²) < 4.78 is 0. The lowest BCUT2D eigenvalue weighted by Crippen LogP contribution is -2.60. The van der Waals surface area contributed by atoms with Gasteiger partial charge in [0.2, 0.25) is 0 Å². The minimum absolute atomic E-state index is 0.0214. The van der Waals surface area contributed by atoms with Gasteiger partial charge in [0.1, 0.15) is 0 Å². The minimum atomic E-state index is -0.158. The van der Waals surface area contributed by atoms with Crippen LogP contribution in [0.2, 0.25) is 0 Å². The number of hydrogen-bond donors (Lipinski definition) is 0. The first-order valence-corrected chi connectivity index (χ1v) is 18.5. The molecule has 0 aromatic heterocycles. The maximum Gasteiger partial charge on any atom is 0.0677 e. The van der Waals surface area contributed by atoms with Crippen molar-refractivity contribution < 1.29 is 0 Å². The molecular weight excluding hydrogens is 593 g/mol. The number of nitrogens with zero attached hydrogens (tertiary/aromatic N) is 2. The summed E-state index contributed by atoms with van der Waals surface area (Å²) in [5.41, 5.74) is 11.9. The first-order valence-electron chi connectivity index (χ1n) is 18.5. The molecule has 2 heteroatoms. The number of hydrogen-bond acceptors (Lipinski definition) is 2. The summed E-state index contributed by atoms with van der Waals surface area (Å²) in [5, 5.41) is 0. The Morgan fingerprint density at radius 3 is 2.16 bits per heavy atom. The van der Waals surface area contributed by atoms with Crippen LogP contribution in [0.1, 0.15) is 77.7 Å². The largest absolute Gasteiger partial charge is 0.335 e. The fraction of sp³-hybridized carbons (Fsp3) is 0.319. The van der Waals surface area contributed by atoms with Crippen molar-refractivity contribution in [2.24, 2.45) is 17.3 Å². The van der Waals surface area contributed by atoms with Crippen molar-refractivity contribution in [2.45, 2.75) is 77.7 Å². The van der Waals surface area contributed by atoms with E-state index in [1.54, 1.807) is 0 Å². The monoisotopic (exact) mass is 642 g/mol. The summed E-state index contributed by atoms with van der Waals surface area (Å²) >= 11 is 0. The molecule has 0 radical (unpaired) electrons. The molecule has 3 aromatic carbocycles. The van der Waals surface area contributed by atoms with Gasteiger partial charge in [0, 0.05) is 45.7 Å². The number of piperidine rings is 1. The summed E-state index contributed by atoms with van der Waals surface area (Å²) in [6, 6.07) is 30.8. The zero-order valence-corrected chi connectivity index (χ0v) is 29.6. The first-order chi connectivity index (χ1) is 23.8. The second-order valence-corrected chi connectivity index (χ2v) is 15.5. The topological polar surface area (TPSA) is 6.48 Å². The van der Waals surface area contributed by atoms with Crippen LogP contribution in [0.3, 0.4) is 0 Å². The van der Waals surface area contributed by atoms with E-state index < -0.39 is 0 Å². The average Bonchev–Trinajstić information content (AvgIpc) is 3.14. The van der Waals surface area contributed by atoms with Gasteiger partial charge in [0.25, 0.3) is 0 Å². The van der Waals surface area contributed by atoms with Gasteiger partial charge in [-0.2, -0.15) is 0 Å². The molecule has 1 saturated heterocycles. The standard InChI is InChI=1S/C47H50N2/c1-34-14-13-19-42(32-34)49-44-21-12-11-20-43(44)46(2,3)45-33-41(30-31-47(45,49)4)48(39-26-22-37(23-27-39)35-15-7-5-8-16-35)40-28-24-38(25-29-40)36-17-9-6-10-18-36/h5-10,15-18,20-24,26-34,38,45H,11-14,19,25H2,1-4H3. The van der Waals surface area contributed by atoms with Gasteiger partial charge in [-0.1, -0.05) is 136 Å². The molecule has 0 amide bonds. The molecule has 0 spiro atoms. The predicted molar refractivity (Wildman–Crippen MR) is 207 cm³/mol. The van der Waals surface area contributed by atoms with Crippen LogP contribution in [-0.2, 0) is 0 Å². The summed E-state index contributed by atoms with van der Waals surface area (Å²) in [5.74, 6) is 1.30. The Hall–Kier alpha value is -4.56. The van der Waals surface area contributed by atoms with Gasteiger partial charge in [-0.15, -0.1) is 0 Å². The molecule has 0 N–H and O–H groups in total. The third kappa shape index (κ3) is 5.70. The van der Waals surface area contributed by atoms with Crippen LogP contribution in [0.4, 0.5) is 5.69 Å². The van der Waals surface area contributed by atoms with Gasteiger partial charge in [-0.25, -0.2) is 0 Å². The number of likely N-dealkylation sites (tertiary alicyclic amines) is 1. The quantitative estimate of drug-likeness (QED) is 0.264. The normalized spacial score (nSPS) is 27.1. The lowest BCUT2D eigenvalue weighted by atomic mass is 9.57. The van der Waals surface area contributed by atoms with Gasteiger partial charge in [0.05, 0.1) is 5.54 Å². The number of benzene rings is 3. The van der Waals surface area contributed by atoms with E-state index in [1.807, 2.05) is 0 Å². The minimum Gasteiger partial charge on any atom is -0.335 e. The van der Waals surface area contributed by atoms with Crippen molar-refractivity contribution in [1.29, 1.82) is 0 Å². The highest BCUT2D eigenvalue weighted by Crippen LogP contribution is 2.58. The SMILES string of the molecule is CC1C=C(N2C3=CCCC=C3C(C)(C)C3C=C(N(C4=CCC(c5ccccc5)C=C4)c4ccc(-c5ccccc5)cc4)C=CC32C)CCC1. The van der Waals surface area contributed by atoms with E-state index in [9.17, 15) is 0 Å². The van der Waals surface area contributed by atoms with E-state index in [1.165, 1.54) is 63.6 Å². The van der Waals surface area contributed by atoms with E-state index in [0.29, 0.717) is 11.8 Å². The molecule has 4 unspecified atom stereocenters.